The number of aliphatic carboxylic acids is 1. The second-order valence-electron chi connectivity index (χ2n) is 9.67. The number of nitrogens with one attached hydrogen (secondary N) is 1. The van der Waals surface area contributed by atoms with E-state index >= 15 is 0 Å². The van der Waals surface area contributed by atoms with E-state index in [0.717, 1.165) is 29.7 Å². The molecule has 1 fully saturated rings. The molecule has 2 heterocycles. The number of benzene rings is 2. The minimum atomic E-state index is -5.17. The molecular formula is C27H30F3N5NaO4. The minimum absolute atomic E-state index is 0. The maximum atomic E-state index is 13.8. The molecule has 0 saturated carbocycles. The Morgan fingerprint density at radius 3 is 2.58 bits per heavy atom. The number of hydrogen-bond acceptors (Lipinski definition) is 5. The average Bonchev–Trinajstić information content (AvgIpc) is 3.55. The standard InChI is InChI=1S/C27H30F3N5O4.Na/c1-18(26(38)39)35(27(28,29)30)25(37)16-33(14-20-8-4-7-19-6-2-3-10-23(19)20)15-22-9-5-11-34(22)24(36)12-21-13-31-17-32-21;/h2-4,6-8,10,13,17-18,22H,5,9,11-12,14-16H2,1H3,(H,31,32)(H,38,39);/t18-,22-;/m0./s1. The van der Waals surface area contributed by atoms with Crippen molar-refractivity contribution in [3.8, 4) is 0 Å². The molecule has 0 aliphatic carbocycles. The van der Waals surface area contributed by atoms with E-state index in [1.54, 1.807) is 16.0 Å². The third-order valence-corrected chi connectivity index (χ3v) is 6.97. The van der Waals surface area contributed by atoms with Crippen LogP contribution < -0.4 is 0 Å². The molecule has 1 aromatic heterocycles. The Hall–Kier alpha value is -2.93. The van der Waals surface area contributed by atoms with Crippen LogP contribution in [-0.2, 0) is 27.3 Å². The van der Waals surface area contributed by atoms with Crippen LogP contribution >= 0.6 is 0 Å². The predicted octanol–water partition coefficient (Wildman–Crippen LogP) is 3.04. The molecule has 3 aromatic rings. The SMILES string of the molecule is C[C@@H](C(=O)O)N(C(=O)CN(Cc1cccc2ccccc12)C[C@@H]1CCCN1C(=O)Cc1c[nH]cn1)C(F)(F)F.[Na]. The first kappa shape index (κ1) is 31.6. The number of rotatable bonds is 10. The number of carboxylic acids is 1. The van der Waals surface area contributed by atoms with Crippen molar-refractivity contribution in [3.63, 3.8) is 0 Å². The number of carboxylic acid groups (broad SMARTS) is 1. The van der Waals surface area contributed by atoms with Crippen molar-refractivity contribution < 1.29 is 32.7 Å². The third-order valence-electron chi connectivity index (χ3n) is 6.97. The van der Waals surface area contributed by atoms with Crippen LogP contribution in [0.3, 0.4) is 0 Å². The zero-order chi connectivity index (χ0) is 28.2. The number of alkyl halides is 3. The van der Waals surface area contributed by atoms with Crippen molar-refractivity contribution in [1.29, 1.82) is 0 Å². The van der Waals surface area contributed by atoms with E-state index in [1.807, 2.05) is 42.5 Å². The number of nitrogens with zero attached hydrogens (tertiary/aromatic N) is 4. The molecule has 0 unspecified atom stereocenters. The summed E-state index contributed by atoms with van der Waals surface area (Å²) in [6.45, 7) is 0.939. The van der Waals surface area contributed by atoms with Crippen LogP contribution in [0.1, 0.15) is 31.0 Å². The molecule has 1 aliphatic rings. The van der Waals surface area contributed by atoms with Crippen LogP contribution in [0.5, 0.6) is 0 Å². The number of H-pyrrole nitrogens is 1. The fraction of sp³-hybridized carbons (Fsp3) is 0.407. The molecule has 1 radical (unpaired) electrons. The van der Waals surface area contributed by atoms with Gasteiger partial charge in [-0.25, -0.2) is 14.7 Å². The van der Waals surface area contributed by atoms with Gasteiger partial charge in [-0.2, -0.15) is 0 Å². The molecular weight excluding hydrogens is 538 g/mol. The molecule has 2 N–H and O–H groups in total. The number of fused-ring (bicyclic) bond motifs is 1. The second kappa shape index (κ2) is 13.6. The van der Waals surface area contributed by atoms with E-state index in [0.29, 0.717) is 18.7 Å². The van der Waals surface area contributed by atoms with Gasteiger partial charge in [-0.1, -0.05) is 42.5 Å². The number of hydrogen-bond donors (Lipinski definition) is 2. The summed E-state index contributed by atoms with van der Waals surface area (Å²) in [6.07, 6.45) is -0.631. The van der Waals surface area contributed by atoms with Gasteiger partial charge in [0.2, 0.25) is 11.8 Å². The quantitative estimate of drug-likeness (QED) is 0.288. The van der Waals surface area contributed by atoms with E-state index in [1.165, 1.54) is 6.33 Å². The molecule has 2 aromatic carbocycles. The summed E-state index contributed by atoms with van der Waals surface area (Å²) in [5, 5.41) is 11.1. The molecule has 2 amide bonds. The largest absolute Gasteiger partial charge is 0.487 e. The van der Waals surface area contributed by atoms with Gasteiger partial charge in [0.15, 0.2) is 0 Å². The molecule has 9 nitrogen and oxygen atoms in total. The summed E-state index contributed by atoms with van der Waals surface area (Å²) >= 11 is 0. The zero-order valence-corrected chi connectivity index (χ0v) is 24.4. The fourth-order valence-corrected chi connectivity index (χ4v) is 5.11. The van der Waals surface area contributed by atoms with Crippen LogP contribution in [0.4, 0.5) is 13.2 Å². The van der Waals surface area contributed by atoms with E-state index < -0.39 is 35.7 Å². The van der Waals surface area contributed by atoms with Gasteiger partial charge in [-0.3, -0.25) is 14.5 Å². The van der Waals surface area contributed by atoms with Crippen LogP contribution in [0.15, 0.2) is 55.0 Å². The van der Waals surface area contributed by atoms with E-state index in [2.05, 4.69) is 9.97 Å². The Kier molecular flexibility index (Phi) is 10.8. The zero-order valence-electron chi connectivity index (χ0n) is 22.4. The molecule has 13 heteroatoms. The van der Waals surface area contributed by atoms with Crippen LogP contribution in [-0.4, -0.2) is 115 Å². The minimum Gasteiger partial charge on any atom is -0.480 e. The molecule has 1 saturated heterocycles. The van der Waals surface area contributed by atoms with Crippen molar-refractivity contribution in [2.45, 2.75) is 51.1 Å². The molecule has 0 bridgehead atoms. The normalized spacial score (nSPS) is 16.1. The first-order valence-electron chi connectivity index (χ1n) is 12.6. The van der Waals surface area contributed by atoms with Gasteiger partial charge in [0.25, 0.3) is 0 Å². The summed E-state index contributed by atoms with van der Waals surface area (Å²) in [7, 11) is 0. The molecule has 209 valence electrons. The average molecular weight is 569 g/mol. The molecule has 40 heavy (non-hydrogen) atoms. The summed E-state index contributed by atoms with van der Waals surface area (Å²) in [5.41, 5.74) is 1.38. The molecule has 0 spiro atoms. The number of halogens is 3. The van der Waals surface area contributed by atoms with Crippen LogP contribution in [0.2, 0.25) is 0 Å². The summed E-state index contributed by atoms with van der Waals surface area (Å²) in [6, 6.07) is 10.7. The van der Waals surface area contributed by atoms with Crippen molar-refractivity contribution in [1.82, 2.24) is 24.7 Å². The molecule has 1 aliphatic heterocycles. The van der Waals surface area contributed by atoms with Crippen LogP contribution in [0.25, 0.3) is 10.8 Å². The van der Waals surface area contributed by atoms with Crippen molar-refractivity contribution in [3.05, 3.63) is 66.2 Å². The molecule has 2 atom stereocenters. The Balaban J connectivity index is 0.00000441. The van der Waals surface area contributed by atoms with Crippen molar-refractivity contribution in [2.75, 3.05) is 19.6 Å². The van der Waals surface area contributed by atoms with Gasteiger partial charge in [0, 0.05) is 61.4 Å². The van der Waals surface area contributed by atoms with E-state index in [-0.39, 0.29) is 61.0 Å². The summed E-state index contributed by atoms with van der Waals surface area (Å²) in [4.78, 5) is 47.0. The fourth-order valence-electron chi connectivity index (χ4n) is 5.11. The number of carbonyl (C=O) groups excluding carboxylic acids is 2. The summed E-state index contributed by atoms with van der Waals surface area (Å²) < 4.78 is 41.3. The van der Waals surface area contributed by atoms with Gasteiger partial charge in [-0.15, -0.1) is 13.2 Å². The van der Waals surface area contributed by atoms with Gasteiger partial charge in [0.05, 0.1) is 25.0 Å². The predicted molar refractivity (Wildman–Crippen MR) is 142 cm³/mol. The maximum Gasteiger partial charge on any atom is 0.487 e. The smallest absolute Gasteiger partial charge is 0.480 e. The Morgan fingerprint density at radius 1 is 1.18 bits per heavy atom. The number of aromatic amines is 1. The summed E-state index contributed by atoms with van der Waals surface area (Å²) in [5.74, 6) is -3.28. The second-order valence-corrected chi connectivity index (χ2v) is 9.67. The number of amides is 2. The monoisotopic (exact) mass is 568 g/mol. The van der Waals surface area contributed by atoms with Crippen LogP contribution in [0, 0.1) is 0 Å². The van der Waals surface area contributed by atoms with Crippen molar-refractivity contribution >= 4 is 58.1 Å². The van der Waals surface area contributed by atoms with Gasteiger partial charge in [-0.05, 0) is 36.1 Å². The van der Waals surface area contributed by atoms with E-state index in [9.17, 15) is 32.7 Å². The van der Waals surface area contributed by atoms with Crippen molar-refractivity contribution in [2.24, 2.45) is 0 Å². The van der Waals surface area contributed by atoms with Gasteiger partial charge < -0.3 is 15.0 Å². The Labute approximate surface area is 251 Å². The van der Waals surface area contributed by atoms with Gasteiger partial charge >= 0.3 is 12.3 Å². The van der Waals surface area contributed by atoms with Gasteiger partial charge in [0.1, 0.15) is 6.04 Å². The number of aromatic nitrogens is 2. The molecule has 4 rings (SSSR count). The topological polar surface area (TPSA) is 110 Å². The first-order valence-corrected chi connectivity index (χ1v) is 12.6. The first-order chi connectivity index (χ1) is 18.5. The number of likely N-dealkylation sites (tertiary alicyclic amines) is 1. The number of imidazole rings is 1. The van der Waals surface area contributed by atoms with E-state index in [4.69, 9.17) is 0 Å². The third kappa shape index (κ3) is 7.62. The number of carbonyl (C=O) groups is 3. The maximum absolute atomic E-state index is 13.8. The Morgan fingerprint density at radius 2 is 1.90 bits per heavy atom. The Bertz CT molecular complexity index is 1320.